The minimum absolute atomic E-state index is 0.0882. The van der Waals surface area contributed by atoms with Crippen LogP contribution in [0.1, 0.15) is 69.4 Å². The minimum Gasteiger partial charge on any atom is -0.495 e. The number of hydrogen-bond donors (Lipinski definition) is 2. The van der Waals surface area contributed by atoms with Crippen LogP contribution >= 0.6 is 0 Å². The smallest absolute Gasteiger partial charge is 0.228 e. The summed E-state index contributed by atoms with van der Waals surface area (Å²) < 4.78 is 7.84. The normalized spacial score (nSPS) is 16.8. The number of nitrogens with one attached hydrogen (secondary N) is 1. The second-order valence-electron chi connectivity index (χ2n) is 10.9. The van der Waals surface area contributed by atoms with Crippen molar-refractivity contribution < 1.29 is 9.53 Å². The van der Waals surface area contributed by atoms with E-state index < -0.39 is 0 Å². The van der Waals surface area contributed by atoms with Crippen LogP contribution in [0.4, 0.5) is 17.2 Å². The van der Waals surface area contributed by atoms with Crippen molar-refractivity contribution in [2.45, 2.75) is 63.8 Å². The maximum atomic E-state index is 13.0. The summed E-state index contributed by atoms with van der Waals surface area (Å²) in [5.74, 6) is 1.49. The molecule has 2 aliphatic rings. The average Bonchev–Trinajstić information content (AvgIpc) is 3.40. The number of methoxy groups -OCH3 is 1. The Morgan fingerprint density at radius 2 is 1.77 bits per heavy atom. The molecule has 3 N–H and O–H groups in total. The number of hydrogen-bond acceptors (Lipinski definition) is 7. The van der Waals surface area contributed by atoms with Crippen molar-refractivity contribution in [2.75, 3.05) is 30.8 Å². The summed E-state index contributed by atoms with van der Waals surface area (Å²) in [7, 11) is 1.62. The van der Waals surface area contributed by atoms with Crippen molar-refractivity contribution >= 4 is 34.1 Å². The number of nitrogens with zero attached hydrogens (tertiary/aromatic N) is 5. The lowest BCUT2D eigenvalue weighted by Crippen LogP contribution is -2.30. The van der Waals surface area contributed by atoms with Crippen LogP contribution in [0.5, 0.6) is 5.75 Å². The van der Waals surface area contributed by atoms with Crippen LogP contribution in [0.3, 0.4) is 0 Å². The first-order valence-electron chi connectivity index (χ1n) is 14.3. The van der Waals surface area contributed by atoms with Gasteiger partial charge in [-0.15, -0.1) is 0 Å². The van der Waals surface area contributed by atoms with E-state index in [2.05, 4.69) is 27.4 Å². The minimum atomic E-state index is -0.0882. The molecule has 0 atom stereocenters. The number of anilines is 3. The lowest BCUT2D eigenvalue weighted by Gasteiger charge is -2.26. The zero-order valence-electron chi connectivity index (χ0n) is 23.3. The number of benzene rings is 2. The van der Waals surface area contributed by atoms with E-state index in [1.54, 1.807) is 18.9 Å². The Labute approximate surface area is 234 Å². The predicted molar refractivity (Wildman–Crippen MR) is 158 cm³/mol. The highest BCUT2D eigenvalue weighted by Crippen LogP contribution is 2.41. The quantitative estimate of drug-likeness (QED) is 0.321. The molecule has 208 valence electrons. The van der Waals surface area contributed by atoms with E-state index in [1.807, 2.05) is 35.0 Å². The topological polar surface area (TPSA) is 111 Å². The summed E-state index contributed by atoms with van der Waals surface area (Å²) in [4.78, 5) is 23.5. The van der Waals surface area contributed by atoms with Crippen molar-refractivity contribution in [3.63, 3.8) is 0 Å². The van der Waals surface area contributed by atoms with Gasteiger partial charge >= 0.3 is 0 Å². The molecule has 9 heteroatoms. The Morgan fingerprint density at radius 1 is 1.02 bits per heavy atom. The molecule has 2 fully saturated rings. The SMILES string of the molecule is COc1cc(-c2nn(C3CCNCC3)c3ncnc(N)c23)ccc1N(C(C)=O)c1ccc(C2CCCCC2)cc1. The third kappa shape index (κ3) is 4.90. The van der Waals surface area contributed by atoms with E-state index >= 15 is 0 Å². The number of aromatic nitrogens is 4. The van der Waals surface area contributed by atoms with E-state index in [-0.39, 0.29) is 11.9 Å². The molecule has 1 amide bonds. The first-order valence-corrected chi connectivity index (χ1v) is 14.3. The van der Waals surface area contributed by atoms with E-state index in [0.717, 1.165) is 48.2 Å². The number of amides is 1. The number of ether oxygens (including phenoxy) is 1. The van der Waals surface area contributed by atoms with Gasteiger partial charge in [0.1, 0.15) is 23.6 Å². The van der Waals surface area contributed by atoms with Gasteiger partial charge in [0.15, 0.2) is 5.65 Å². The van der Waals surface area contributed by atoms with Crippen molar-refractivity contribution in [1.29, 1.82) is 0 Å². The van der Waals surface area contributed by atoms with Crippen LogP contribution in [-0.2, 0) is 4.79 Å². The maximum Gasteiger partial charge on any atom is 0.228 e. The van der Waals surface area contributed by atoms with Gasteiger partial charge in [-0.2, -0.15) is 5.10 Å². The second-order valence-corrected chi connectivity index (χ2v) is 10.9. The van der Waals surface area contributed by atoms with Crippen LogP contribution in [0.15, 0.2) is 48.8 Å². The van der Waals surface area contributed by atoms with E-state index in [4.69, 9.17) is 15.6 Å². The summed E-state index contributed by atoms with van der Waals surface area (Å²) in [6.07, 6.45) is 9.82. The van der Waals surface area contributed by atoms with Gasteiger partial charge in [0.25, 0.3) is 0 Å². The number of carbonyl (C=O) groups is 1. The lowest BCUT2D eigenvalue weighted by atomic mass is 9.84. The first kappa shape index (κ1) is 26.3. The van der Waals surface area contributed by atoms with Gasteiger partial charge in [-0.1, -0.05) is 37.5 Å². The molecule has 4 aromatic rings. The van der Waals surface area contributed by atoms with Crippen LogP contribution in [-0.4, -0.2) is 45.9 Å². The van der Waals surface area contributed by atoms with Crippen molar-refractivity contribution in [3.8, 4) is 17.0 Å². The van der Waals surface area contributed by atoms with Crippen LogP contribution in [0, 0.1) is 0 Å². The molecule has 1 aliphatic carbocycles. The van der Waals surface area contributed by atoms with Crippen molar-refractivity contribution in [2.24, 2.45) is 0 Å². The van der Waals surface area contributed by atoms with Gasteiger partial charge in [-0.25, -0.2) is 14.6 Å². The summed E-state index contributed by atoms with van der Waals surface area (Å²) in [5, 5.41) is 9.15. The number of nitrogen functional groups attached to an aromatic ring is 1. The second kappa shape index (κ2) is 11.3. The third-order valence-corrected chi connectivity index (χ3v) is 8.41. The van der Waals surface area contributed by atoms with Crippen LogP contribution < -0.4 is 20.7 Å². The number of carbonyl (C=O) groups excluding carboxylic acids is 1. The van der Waals surface area contributed by atoms with Gasteiger partial charge < -0.3 is 15.8 Å². The van der Waals surface area contributed by atoms with Crippen molar-refractivity contribution in [3.05, 3.63) is 54.4 Å². The highest BCUT2D eigenvalue weighted by molar-refractivity contribution is 6.02. The molecule has 0 radical (unpaired) electrons. The Kier molecular flexibility index (Phi) is 7.38. The molecule has 1 saturated heterocycles. The van der Waals surface area contributed by atoms with E-state index in [0.29, 0.717) is 28.9 Å². The van der Waals surface area contributed by atoms with E-state index in [1.165, 1.54) is 44.0 Å². The molecule has 0 spiro atoms. The van der Waals surface area contributed by atoms with Crippen LogP contribution in [0.25, 0.3) is 22.3 Å². The van der Waals surface area contributed by atoms with Gasteiger partial charge in [0, 0.05) is 18.2 Å². The summed E-state index contributed by atoms with van der Waals surface area (Å²) in [6.45, 7) is 3.45. The molecule has 0 unspecified atom stereocenters. The lowest BCUT2D eigenvalue weighted by molar-refractivity contribution is -0.115. The Hall–Kier alpha value is -3.98. The fraction of sp³-hybridized carbons (Fsp3) is 0.419. The summed E-state index contributed by atoms with van der Waals surface area (Å²) in [6, 6.07) is 14.5. The monoisotopic (exact) mass is 539 g/mol. The largest absolute Gasteiger partial charge is 0.495 e. The summed E-state index contributed by atoms with van der Waals surface area (Å²) in [5.41, 5.74) is 11.5. The van der Waals surface area contributed by atoms with Crippen LogP contribution in [0.2, 0.25) is 0 Å². The molecule has 3 heterocycles. The first-order chi connectivity index (χ1) is 19.5. The zero-order valence-corrected chi connectivity index (χ0v) is 23.3. The number of piperidine rings is 1. The number of fused-ring (bicyclic) bond motifs is 1. The number of rotatable bonds is 6. The molecular formula is C31H37N7O2. The molecule has 2 aromatic heterocycles. The zero-order chi connectivity index (χ0) is 27.6. The van der Waals surface area contributed by atoms with Gasteiger partial charge in [0.05, 0.1) is 24.2 Å². The molecule has 2 aromatic carbocycles. The van der Waals surface area contributed by atoms with E-state index in [9.17, 15) is 4.79 Å². The molecule has 40 heavy (non-hydrogen) atoms. The molecular weight excluding hydrogens is 502 g/mol. The molecule has 9 nitrogen and oxygen atoms in total. The van der Waals surface area contributed by atoms with Crippen molar-refractivity contribution in [1.82, 2.24) is 25.1 Å². The van der Waals surface area contributed by atoms with Gasteiger partial charge in [0.2, 0.25) is 5.91 Å². The standard InChI is InChI=1S/C31H37N7O2/c1-20(39)37(24-11-8-22(9-12-24)21-6-4-3-5-7-21)26-13-10-23(18-27(26)40-2)29-28-30(32)34-19-35-31(28)38(36-29)25-14-16-33-17-15-25/h8-13,18-19,21,25,33H,3-7,14-17H2,1-2H3,(H2,32,34,35). The summed E-state index contributed by atoms with van der Waals surface area (Å²) >= 11 is 0. The molecule has 6 rings (SSSR count). The fourth-order valence-electron chi connectivity index (χ4n) is 6.33. The average molecular weight is 540 g/mol. The maximum absolute atomic E-state index is 13.0. The highest BCUT2D eigenvalue weighted by atomic mass is 16.5. The Morgan fingerprint density at radius 3 is 2.48 bits per heavy atom. The molecule has 1 saturated carbocycles. The number of nitrogens with two attached hydrogens (primary N) is 1. The third-order valence-electron chi connectivity index (χ3n) is 8.41. The molecule has 1 aliphatic heterocycles. The van der Waals surface area contributed by atoms with Gasteiger partial charge in [-0.05, 0) is 74.5 Å². The fourth-order valence-corrected chi connectivity index (χ4v) is 6.33. The highest BCUT2D eigenvalue weighted by Gasteiger charge is 2.25. The van der Waals surface area contributed by atoms with Gasteiger partial charge in [-0.3, -0.25) is 9.69 Å². The predicted octanol–water partition coefficient (Wildman–Crippen LogP) is 5.74. The Bertz CT molecular complexity index is 1500. The Balaban J connectivity index is 1.38. The molecule has 0 bridgehead atoms.